The van der Waals surface area contributed by atoms with Crippen molar-refractivity contribution in [3.05, 3.63) is 16.4 Å². The standard InChI is InChI=1S/C13H22ClN3O/c1-3-11-13(14)12(17(4-2)16-11)7-10(15)9-5-6-18-8-9/h9-10H,3-8,15H2,1-2H3. The van der Waals surface area contributed by atoms with Crippen molar-refractivity contribution in [1.82, 2.24) is 9.78 Å². The molecule has 18 heavy (non-hydrogen) atoms. The zero-order chi connectivity index (χ0) is 13.1. The van der Waals surface area contributed by atoms with Crippen molar-refractivity contribution in [3.8, 4) is 0 Å². The molecule has 0 aromatic carbocycles. The van der Waals surface area contributed by atoms with Gasteiger partial charge in [0.05, 0.1) is 23.0 Å². The second kappa shape index (κ2) is 6.04. The van der Waals surface area contributed by atoms with E-state index in [2.05, 4.69) is 18.9 Å². The quantitative estimate of drug-likeness (QED) is 0.892. The molecule has 0 radical (unpaired) electrons. The SMILES string of the molecule is CCc1nn(CC)c(CC(N)C2CCOC2)c1Cl. The Balaban J connectivity index is 2.14. The number of aryl methyl sites for hydroxylation is 2. The summed E-state index contributed by atoms with van der Waals surface area (Å²) in [7, 11) is 0. The molecule has 1 saturated heterocycles. The number of rotatable bonds is 5. The molecule has 2 unspecified atom stereocenters. The van der Waals surface area contributed by atoms with Crippen LogP contribution in [0.4, 0.5) is 0 Å². The number of aromatic nitrogens is 2. The van der Waals surface area contributed by atoms with Crippen molar-refractivity contribution < 1.29 is 4.74 Å². The van der Waals surface area contributed by atoms with E-state index in [1.807, 2.05) is 4.68 Å². The maximum atomic E-state index is 6.39. The number of hydrogen-bond acceptors (Lipinski definition) is 3. The van der Waals surface area contributed by atoms with Crippen LogP contribution in [-0.2, 0) is 24.1 Å². The minimum absolute atomic E-state index is 0.108. The molecule has 5 heteroatoms. The van der Waals surface area contributed by atoms with E-state index in [0.29, 0.717) is 5.92 Å². The van der Waals surface area contributed by atoms with Crippen LogP contribution in [0.3, 0.4) is 0 Å². The molecule has 2 atom stereocenters. The fourth-order valence-electron chi connectivity index (χ4n) is 2.49. The minimum Gasteiger partial charge on any atom is -0.381 e. The Morgan fingerprint density at radius 1 is 1.56 bits per heavy atom. The lowest BCUT2D eigenvalue weighted by Gasteiger charge is -2.18. The molecule has 0 bridgehead atoms. The first kappa shape index (κ1) is 13.8. The smallest absolute Gasteiger partial charge is 0.0850 e. The van der Waals surface area contributed by atoms with Gasteiger partial charge in [0.15, 0.2) is 0 Å². The van der Waals surface area contributed by atoms with E-state index in [4.69, 9.17) is 22.1 Å². The molecule has 1 aromatic heterocycles. The first-order valence-corrected chi connectivity index (χ1v) is 7.12. The third-order valence-electron chi connectivity index (χ3n) is 3.69. The lowest BCUT2D eigenvalue weighted by atomic mass is 9.95. The van der Waals surface area contributed by atoms with Gasteiger partial charge in [0.1, 0.15) is 0 Å². The summed E-state index contributed by atoms with van der Waals surface area (Å²) in [6.07, 6.45) is 2.70. The fourth-order valence-corrected chi connectivity index (χ4v) is 2.84. The normalized spacial score (nSPS) is 21.4. The predicted molar refractivity (Wildman–Crippen MR) is 72.9 cm³/mol. The van der Waals surface area contributed by atoms with Gasteiger partial charge in [0.2, 0.25) is 0 Å². The fraction of sp³-hybridized carbons (Fsp3) is 0.769. The van der Waals surface area contributed by atoms with Gasteiger partial charge < -0.3 is 10.5 Å². The van der Waals surface area contributed by atoms with Gasteiger partial charge in [-0.15, -0.1) is 0 Å². The van der Waals surface area contributed by atoms with Gasteiger partial charge in [0, 0.05) is 25.6 Å². The number of ether oxygens (including phenoxy) is 1. The largest absolute Gasteiger partial charge is 0.381 e. The van der Waals surface area contributed by atoms with Gasteiger partial charge in [-0.1, -0.05) is 18.5 Å². The Labute approximate surface area is 113 Å². The van der Waals surface area contributed by atoms with Gasteiger partial charge in [-0.25, -0.2) is 0 Å². The third-order valence-corrected chi connectivity index (χ3v) is 4.13. The zero-order valence-corrected chi connectivity index (χ0v) is 11.9. The molecule has 0 saturated carbocycles. The van der Waals surface area contributed by atoms with Crippen LogP contribution in [0.5, 0.6) is 0 Å². The monoisotopic (exact) mass is 271 g/mol. The van der Waals surface area contributed by atoms with Crippen molar-refractivity contribution in [1.29, 1.82) is 0 Å². The van der Waals surface area contributed by atoms with E-state index in [1.54, 1.807) is 0 Å². The number of nitrogens with zero attached hydrogens (tertiary/aromatic N) is 2. The number of hydrogen-bond donors (Lipinski definition) is 1. The molecule has 2 rings (SSSR count). The highest BCUT2D eigenvalue weighted by Gasteiger charge is 2.25. The molecular formula is C13H22ClN3O. The summed E-state index contributed by atoms with van der Waals surface area (Å²) in [6, 6.07) is 0.108. The van der Waals surface area contributed by atoms with E-state index in [1.165, 1.54) is 0 Å². The molecule has 1 aliphatic rings. The molecule has 2 heterocycles. The van der Waals surface area contributed by atoms with Crippen LogP contribution in [0.1, 0.15) is 31.7 Å². The third kappa shape index (κ3) is 2.71. The summed E-state index contributed by atoms with van der Waals surface area (Å²) in [5.41, 5.74) is 8.33. The van der Waals surface area contributed by atoms with Gasteiger partial charge in [-0.3, -0.25) is 4.68 Å². The van der Waals surface area contributed by atoms with Crippen LogP contribution in [0, 0.1) is 5.92 Å². The van der Waals surface area contributed by atoms with Gasteiger partial charge >= 0.3 is 0 Å². The Kier molecular flexibility index (Phi) is 4.65. The van der Waals surface area contributed by atoms with Gasteiger partial charge in [0.25, 0.3) is 0 Å². The molecule has 1 fully saturated rings. The number of halogens is 1. The lowest BCUT2D eigenvalue weighted by molar-refractivity contribution is 0.180. The van der Waals surface area contributed by atoms with Crippen molar-refractivity contribution in [3.63, 3.8) is 0 Å². The minimum atomic E-state index is 0.108. The average Bonchev–Trinajstić information content (AvgIpc) is 2.99. The van der Waals surface area contributed by atoms with Gasteiger partial charge in [-0.2, -0.15) is 5.10 Å². The summed E-state index contributed by atoms with van der Waals surface area (Å²) in [4.78, 5) is 0. The predicted octanol–water partition coefficient (Wildman–Crippen LogP) is 2.03. The topological polar surface area (TPSA) is 53.1 Å². The average molecular weight is 272 g/mol. The summed E-state index contributed by atoms with van der Waals surface area (Å²) in [6.45, 7) is 6.60. The van der Waals surface area contributed by atoms with E-state index in [0.717, 1.165) is 55.4 Å². The Morgan fingerprint density at radius 2 is 2.33 bits per heavy atom. The summed E-state index contributed by atoms with van der Waals surface area (Å²) >= 11 is 6.39. The number of nitrogens with two attached hydrogens (primary N) is 1. The first-order chi connectivity index (χ1) is 8.67. The van der Waals surface area contributed by atoms with E-state index in [9.17, 15) is 0 Å². The molecule has 0 spiro atoms. The molecule has 4 nitrogen and oxygen atoms in total. The molecule has 102 valence electrons. The zero-order valence-electron chi connectivity index (χ0n) is 11.2. The van der Waals surface area contributed by atoms with Crippen molar-refractivity contribution in [2.24, 2.45) is 11.7 Å². The van der Waals surface area contributed by atoms with Crippen LogP contribution in [0.25, 0.3) is 0 Å². The van der Waals surface area contributed by atoms with Crippen LogP contribution in [0.15, 0.2) is 0 Å². The van der Waals surface area contributed by atoms with Crippen LogP contribution >= 0.6 is 11.6 Å². The van der Waals surface area contributed by atoms with Crippen LogP contribution < -0.4 is 5.73 Å². The molecule has 1 aromatic rings. The molecular weight excluding hydrogens is 250 g/mol. The maximum absolute atomic E-state index is 6.39. The Morgan fingerprint density at radius 3 is 2.89 bits per heavy atom. The van der Waals surface area contributed by atoms with Crippen LogP contribution in [0.2, 0.25) is 5.02 Å². The second-order valence-corrected chi connectivity index (χ2v) is 5.25. The molecule has 0 amide bonds. The van der Waals surface area contributed by atoms with Crippen molar-refractivity contribution in [2.45, 2.75) is 45.7 Å². The van der Waals surface area contributed by atoms with E-state index < -0.39 is 0 Å². The summed E-state index contributed by atoms with van der Waals surface area (Å²) in [5, 5.41) is 5.32. The summed E-state index contributed by atoms with van der Waals surface area (Å²) in [5.74, 6) is 0.450. The Hall–Kier alpha value is -0.580. The first-order valence-electron chi connectivity index (χ1n) is 6.74. The molecule has 2 N–H and O–H groups in total. The maximum Gasteiger partial charge on any atom is 0.0850 e. The van der Waals surface area contributed by atoms with E-state index in [-0.39, 0.29) is 6.04 Å². The molecule has 1 aliphatic heterocycles. The highest BCUT2D eigenvalue weighted by molar-refractivity contribution is 6.31. The Bertz CT molecular complexity index is 399. The van der Waals surface area contributed by atoms with Crippen molar-refractivity contribution >= 4 is 11.6 Å². The molecule has 0 aliphatic carbocycles. The lowest BCUT2D eigenvalue weighted by Crippen LogP contribution is -2.33. The van der Waals surface area contributed by atoms with Crippen LogP contribution in [-0.4, -0.2) is 29.0 Å². The van der Waals surface area contributed by atoms with Gasteiger partial charge in [-0.05, 0) is 25.7 Å². The summed E-state index contributed by atoms with van der Waals surface area (Å²) < 4.78 is 7.38. The van der Waals surface area contributed by atoms with E-state index >= 15 is 0 Å². The highest BCUT2D eigenvalue weighted by atomic mass is 35.5. The second-order valence-electron chi connectivity index (χ2n) is 4.87. The highest BCUT2D eigenvalue weighted by Crippen LogP contribution is 2.25. The van der Waals surface area contributed by atoms with Crippen molar-refractivity contribution in [2.75, 3.05) is 13.2 Å².